The minimum absolute atomic E-state index is 0.116. The molecular formula is C25H23BrN2O3. The summed E-state index contributed by atoms with van der Waals surface area (Å²) in [6.45, 7) is 3.86. The minimum Gasteiger partial charge on any atom is -0.352 e. The molecule has 3 heterocycles. The Bertz CT molecular complexity index is 1110. The van der Waals surface area contributed by atoms with E-state index in [4.69, 9.17) is 0 Å². The Hall–Kier alpha value is -2.73. The van der Waals surface area contributed by atoms with Crippen LogP contribution in [-0.2, 0) is 9.59 Å². The van der Waals surface area contributed by atoms with Gasteiger partial charge in [-0.25, -0.2) is 0 Å². The van der Waals surface area contributed by atoms with Crippen LogP contribution in [0.2, 0.25) is 0 Å². The first kappa shape index (κ1) is 20.2. The number of carbonyl (C=O) groups excluding carboxylic acids is 3. The van der Waals surface area contributed by atoms with Crippen molar-refractivity contribution in [1.82, 2.24) is 4.90 Å². The standard InChI is InChI=1S/C25H23BrN2O3/c1-3-14(2)27-24(30)20-19-11-9-16-13-17(26)10-12-18(16)28(19)22(21(20)25(27)31)23(29)15-7-5-4-6-8-15/h4-14,19-22H,3H2,1-2H3/t14-,19+,20-,21-,22+/m1/s1. The number of halogens is 1. The second-order valence-corrected chi connectivity index (χ2v) is 9.41. The van der Waals surface area contributed by atoms with Crippen molar-refractivity contribution in [1.29, 1.82) is 0 Å². The molecule has 5 atom stereocenters. The van der Waals surface area contributed by atoms with Gasteiger partial charge in [0.2, 0.25) is 11.8 Å². The Morgan fingerprint density at radius 1 is 1.06 bits per heavy atom. The van der Waals surface area contributed by atoms with Crippen molar-refractivity contribution in [3.63, 3.8) is 0 Å². The molecule has 5 rings (SSSR count). The number of likely N-dealkylation sites (tertiary alicyclic amines) is 1. The fourth-order valence-corrected chi connectivity index (χ4v) is 5.64. The molecule has 0 N–H and O–H groups in total. The normalized spacial score (nSPS) is 27.2. The zero-order valence-corrected chi connectivity index (χ0v) is 19.0. The molecule has 0 aliphatic carbocycles. The smallest absolute Gasteiger partial charge is 0.236 e. The molecule has 0 spiro atoms. The number of hydrogen-bond acceptors (Lipinski definition) is 4. The number of anilines is 1. The predicted octanol–water partition coefficient (Wildman–Crippen LogP) is 4.32. The van der Waals surface area contributed by atoms with Crippen LogP contribution in [-0.4, -0.2) is 40.6 Å². The molecule has 0 radical (unpaired) electrons. The van der Waals surface area contributed by atoms with Gasteiger partial charge in [0.25, 0.3) is 0 Å². The number of ketones is 1. The van der Waals surface area contributed by atoms with Gasteiger partial charge >= 0.3 is 0 Å². The van der Waals surface area contributed by atoms with Gasteiger partial charge in [-0.3, -0.25) is 19.3 Å². The number of carbonyl (C=O) groups is 3. The zero-order chi connectivity index (χ0) is 21.9. The van der Waals surface area contributed by atoms with Crippen LogP contribution in [0, 0.1) is 11.8 Å². The minimum atomic E-state index is -0.715. The Morgan fingerprint density at radius 2 is 1.77 bits per heavy atom. The van der Waals surface area contributed by atoms with Crippen LogP contribution in [0.4, 0.5) is 5.69 Å². The fraction of sp³-hybridized carbons (Fsp3) is 0.320. The summed E-state index contributed by atoms with van der Waals surface area (Å²) in [6, 6.07) is 13.7. The Labute approximate surface area is 189 Å². The lowest BCUT2D eigenvalue weighted by molar-refractivity contribution is -0.142. The third-order valence-electron chi connectivity index (χ3n) is 6.86. The SMILES string of the molecule is CC[C@@H](C)N1C(=O)[C@@H]2[C@H](C1=O)[C@@H]1C=Cc3cc(Br)ccc3N1[C@@H]2C(=O)c1ccccc1. The van der Waals surface area contributed by atoms with E-state index in [1.165, 1.54) is 4.90 Å². The molecule has 2 saturated heterocycles. The van der Waals surface area contributed by atoms with E-state index in [2.05, 4.69) is 15.9 Å². The Morgan fingerprint density at radius 3 is 2.48 bits per heavy atom. The molecule has 31 heavy (non-hydrogen) atoms. The van der Waals surface area contributed by atoms with Gasteiger partial charge in [0.15, 0.2) is 5.78 Å². The molecule has 0 saturated carbocycles. The van der Waals surface area contributed by atoms with E-state index >= 15 is 0 Å². The van der Waals surface area contributed by atoms with Gasteiger partial charge < -0.3 is 4.90 Å². The number of nitrogens with zero attached hydrogens (tertiary/aromatic N) is 2. The third-order valence-corrected chi connectivity index (χ3v) is 7.35. The van der Waals surface area contributed by atoms with E-state index < -0.39 is 17.9 Å². The van der Waals surface area contributed by atoms with Crippen molar-refractivity contribution >= 4 is 45.3 Å². The summed E-state index contributed by atoms with van der Waals surface area (Å²) in [5.41, 5.74) is 2.41. The van der Waals surface area contributed by atoms with Crippen molar-refractivity contribution in [2.24, 2.45) is 11.8 Å². The first-order chi connectivity index (χ1) is 14.9. The van der Waals surface area contributed by atoms with Crippen molar-refractivity contribution < 1.29 is 14.4 Å². The predicted molar refractivity (Wildman–Crippen MR) is 123 cm³/mol. The van der Waals surface area contributed by atoms with Crippen LogP contribution in [0.3, 0.4) is 0 Å². The second-order valence-electron chi connectivity index (χ2n) is 8.49. The van der Waals surface area contributed by atoms with Gasteiger partial charge in [-0.2, -0.15) is 0 Å². The number of rotatable bonds is 4. The maximum atomic E-state index is 13.8. The average Bonchev–Trinajstić information content (AvgIpc) is 3.26. The number of fused-ring (bicyclic) bond motifs is 5. The quantitative estimate of drug-likeness (QED) is 0.485. The topological polar surface area (TPSA) is 57.7 Å². The van der Waals surface area contributed by atoms with E-state index in [-0.39, 0.29) is 29.7 Å². The van der Waals surface area contributed by atoms with Gasteiger partial charge in [-0.05, 0) is 37.1 Å². The van der Waals surface area contributed by atoms with Gasteiger partial charge in [0.05, 0.1) is 17.9 Å². The molecule has 3 aliphatic heterocycles. The van der Waals surface area contributed by atoms with E-state index in [9.17, 15) is 14.4 Å². The Kier molecular flexibility index (Phi) is 4.85. The fourth-order valence-electron chi connectivity index (χ4n) is 5.26. The van der Waals surface area contributed by atoms with Crippen LogP contribution in [0.25, 0.3) is 6.08 Å². The maximum absolute atomic E-state index is 13.8. The van der Waals surface area contributed by atoms with Crippen molar-refractivity contribution in [2.45, 2.75) is 38.4 Å². The highest BCUT2D eigenvalue weighted by Gasteiger charge is 2.64. The summed E-state index contributed by atoms with van der Waals surface area (Å²) < 4.78 is 0.940. The van der Waals surface area contributed by atoms with Crippen LogP contribution in [0.5, 0.6) is 0 Å². The van der Waals surface area contributed by atoms with Crippen LogP contribution < -0.4 is 4.90 Å². The molecule has 2 aromatic rings. The summed E-state index contributed by atoms with van der Waals surface area (Å²) in [4.78, 5) is 44.2. The molecule has 5 nitrogen and oxygen atoms in total. The van der Waals surface area contributed by atoms with Crippen LogP contribution in [0.15, 0.2) is 59.1 Å². The molecule has 2 fully saturated rings. The highest BCUT2D eigenvalue weighted by atomic mass is 79.9. The maximum Gasteiger partial charge on any atom is 0.236 e. The number of imide groups is 1. The van der Waals surface area contributed by atoms with Gasteiger partial charge in [-0.15, -0.1) is 0 Å². The molecule has 2 aromatic carbocycles. The Balaban J connectivity index is 1.66. The highest BCUT2D eigenvalue weighted by molar-refractivity contribution is 9.10. The first-order valence-corrected chi connectivity index (χ1v) is 11.5. The molecule has 0 bridgehead atoms. The van der Waals surface area contributed by atoms with Gasteiger partial charge in [0.1, 0.15) is 6.04 Å². The molecule has 3 aliphatic rings. The number of hydrogen-bond donors (Lipinski definition) is 0. The second kappa shape index (κ2) is 7.45. The number of benzene rings is 2. The summed E-state index contributed by atoms with van der Waals surface area (Å²) in [6.07, 6.45) is 4.67. The average molecular weight is 479 g/mol. The van der Waals surface area contributed by atoms with Crippen molar-refractivity contribution in [3.05, 3.63) is 70.2 Å². The summed E-state index contributed by atoms with van der Waals surface area (Å²) in [5, 5.41) is 0. The van der Waals surface area contributed by atoms with Crippen molar-refractivity contribution in [3.8, 4) is 0 Å². The van der Waals surface area contributed by atoms with Crippen LogP contribution >= 0.6 is 15.9 Å². The molecule has 158 valence electrons. The molecule has 0 aromatic heterocycles. The lowest BCUT2D eigenvalue weighted by Gasteiger charge is -2.37. The molecular weight excluding hydrogens is 456 g/mol. The first-order valence-electron chi connectivity index (χ1n) is 10.7. The summed E-state index contributed by atoms with van der Waals surface area (Å²) in [7, 11) is 0. The largest absolute Gasteiger partial charge is 0.352 e. The van der Waals surface area contributed by atoms with E-state index in [1.807, 2.05) is 67.3 Å². The van der Waals surface area contributed by atoms with E-state index in [0.29, 0.717) is 12.0 Å². The van der Waals surface area contributed by atoms with E-state index in [1.54, 1.807) is 12.1 Å². The number of amides is 2. The molecule has 2 amide bonds. The highest BCUT2D eigenvalue weighted by Crippen LogP contribution is 2.49. The van der Waals surface area contributed by atoms with Gasteiger partial charge in [-0.1, -0.05) is 65.3 Å². The van der Waals surface area contributed by atoms with Crippen molar-refractivity contribution in [2.75, 3.05) is 4.90 Å². The zero-order valence-electron chi connectivity index (χ0n) is 17.4. The lowest BCUT2D eigenvalue weighted by atomic mass is 9.86. The summed E-state index contributed by atoms with van der Waals surface area (Å²) >= 11 is 3.51. The third kappa shape index (κ3) is 2.92. The molecule has 6 heteroatoms. The van der Waals surface area contributed by atoms with Crippen LogP contribution in [0.1, 0.15) is 36.2 Å². The van der Waals surface area contributed by atoms with Gasteiger partial charge in [0, 0.05) is 21.8 Å². The number of Topliss-reactive ketones (excluding diaryl/α,β-unsaturated/α-hetero) is 1. The summed E-state index contributed by atoms with van der Waals surface area (Å²) in [5.74, 6) is -1.73. The molecule has 0 unspecified atom stereocenters. The monoisotopic (exact) mass is 478 g/mol. The lowest BCUT2D eigenvalue weighted by Crippen LogP contribution is -2.50. The van der Waals surface area contributed by atoms with E-state index in [0.717, 1.165) is 15.7 Å².